The average molecular weight is 370 g/mol. The Kier molecular flexibility index (Phi) is 3.62. The predicted octanol–water partition coefficient (Wildman–Crippen LogP) is 3.60. The summed E-state index contributed by atoms with van der Waals surface area (Å²) in [5.41, 5.74) is 1.77. The summed E-state index contributed by atoms with van der Waals surface area (Å²) in [5, 5.41) is 9.29. The third kappa shape index (κ3) is 2.51. The lowest BCUT2D eigenvalue weighted by Gasteiger charge is -2.10. The van der Waals surface area contributed by atoms with Crippen LogP contribution in [0.4, 0.5) is 0 Å². The van der Waals surface area contributed by atoms with Crippen molar-refractivity contribution >= 4 is 33.2 Å². The van der Waals surface area contributed by atoms with Crippen LogP contribution in [-0.4, -0.2) is 29.3 Å². The van der Waals surface area contributed by atoms with Crippen LogP contribution >= 0.6 is 27.3 Å². The number of nitrogens with zero attached hydrogens (tertiary/aromatic N) is 1. The molecule has 1 aromatic carbocycles. The number of carboxylic acids is 1. The van der Waals surface area contributed by atoms with Gasteiger partial charge < -0.3 is 14.6 Å². The van der Waals surface area contributed by atoms with Crippen molar-refractivity contribution in [1.29, 1.82) is 0 Å². The number of rotatable bonds is 3. The maximum atomic E-state index is 11.3. The number of ether oxygens (including phenoxy) is 2. The lowest BCUT2D eigenvalue weighted by Crippen LogP contribution is -2.05. The minimum Gasteiger partial charge on any atom is -0.496 e. The van der Waals surface area contributed by atoms with Gasteiger partial charge in [-0.2, -0.15) is 0 Å². The molecule has 0 spiro atoms. The minimum atomic E-state index is -1.07. The smallest absolute Gasteiger partial charge is 0.356 e. The lowest BCUT2D eigenvalue weighted by molar-refractivity contribution is 0.0692. The number of halogens is 1. The number of hydrogen-bond donors (Lipinski definition) is 1. The average Bonchev–Trinajstić information content (AvgIpc) is 2.98. The number of fused-ring (bicyclic) bond motifs is 1. The fourth-order valence-corrected chi connectivity index (χ4v) is 3.87. The van der Waals surface area contributed by atoms with Crippen molar-refractivity contribution in [2.24, 2.45) is 0 Å². The second kappa shape index (κ2) is 5.31. The molecule has 7 heteroatoms. The summed E-state index contributed by atoms with van der Waals surface area (Å²) in [5.74, 6) is 0.341. The Balaban J connectivity index is 2.19. The van der Waals surface area contributed by atoms with E-state index >= 15 is 0 Å². The molecular formula is C14H12BrNO4S. The molecule has 1 aliphatic heterocycles. The van der Waals surface area contributed by atoms with Gasteiger partial charge in [0.2, 0.25) is 0 Å². The van der Waals surface area contributed by atoms with Crippen molar-refractivity contribution in [3.8, 4) is 21.9 Å². The normalized spacial score (nSPS) is 16.4. The van der Waals surface area contributed by atoms with Gasteiger partial charge in [-0.15, -0.1) is 11.3 Å². The van der Waals surface area contributed by atoms with E-state index in [1.165, 1.54) is 11.3 Å². The van der Waals surface area contributed by atoms with Gasteiger partial charge in [0.15, 0.2) is 9.61 Å². The summed E-state index contributed by atoms with van der Waals surface area (Å²) in [7, 11) is 1.57. The molecule has 2 aromatic rings. The molecule has 3 rings (SSSR count). The number of carboxylic acid groups (broad SMARTS) is 1. The highest BCUT2D eigenvalue weighted by molar-refractivity contribution is 9.11. The van der Waals surface area contributed by atoms with Gasteiger partial charge in [-0.3, -0.25) is 0 Å². The zero-order valence-electron chi connectivity index (χ0n) is 11.3. The van der Waals surface area contributed by atoms with Gasteiger partial charge in [0, 0.05) is 17.5 Å². The third-order valence-electron chi connectivity index (χ3n) is 3.27. The van der Waals surface area contributed by atoms with Crippen LogP contribution in [-0.2, 0) is 6.42 Å². The molecule has 1 unspecified atom stereocenters. The SMILES string of the molecule is COc1cc2c(cc1-c1sc(Br)nc1C(=O)O)OC(C)C2. The van der Waals surface area contributed by atoms with Crippen LogP contribution in [0.5, 0.6) is 11.5 Å². The molecule has 1 N–H and O–H groups in total. The van der Waals surface area contributed by atoms with Crippen molar-refractivity contribution in [3.05, 3.63) is 27.3 Å². The molecule has 0 aliphatic carbocycles. The Morgan fingerprint density at radius 2 is 2.33 bits per heavy atom. The minimum absolute atomic E-state index is 0.0103. The number of aromatic carboxylic acids is 1. The van der Waals surface area contributed by atoms with Gasteiger partial charge in [-0.1, -0.05) is 0 Å². The van der Waals surface area contributed by atoms with E-state index in [1.807, 2.05) is 19.1 Å². The molecule has 1 aromatic heterocycles. The van der Waals surface area contributed by atoms with Crippen molar-refractivity contribution in [2.75, 3.05) is 7.11 Å². The summed E-state index contributed by atoms with van der Waals surface area (Å²) in [4.78, 5) is 15.9. The first-order valence-electron chi connectivity index (χ1n) is 6.27. The van der Waals surface area contributed by atoms with E-state index in [-0.39, 0.29) is 11.8 Å². The molecular weight excluding hydrogens is 358 g/mol. The Morgan fingerprint density at radius 1 is 1.57 bits per heavy atom. The number of benzene rings is 1. The zero-order chi connectivity index (χ0) is 15.1. The molecule has 0 amide bonds. The summed E-state index contributed by atoms with van der Waals surface area (Å²) < 4.78 is 11.7. The van der Waals surface area contributed by atoms with E-state index in [4.69, 9.17) is 9.47 Å². The fraction of sp³-hybridized carbons (Fsp3) is 0.286. The van der Waals surface area contributed by atoms with Crippen molar-refractivity contribution in [1.82, 2.24) is 4.98 Å². The maximum absolute atomic E-state index is 11.3. The highest BCUT2D eigenvalue weighted by atomic mass is 79.9. The first kappa shape index (κ1) is 14.3. The number of aromatic nitrogens is 1. The molecule has 2 heterocycles. The molecule has 0 saturated heterocycles. The van der Waals surface area contributed by atoms with Crippen LogP contribution in [0.15, 0.2) is 16.0 Å². The van der Waals surface area contributed by atoms with Gasteiger partial charge in [0.25, 0.3) is 0 Å². The topological polar surface area (TPSA) is 68.7 Å². The molecule has 21 heavy (non-hydrogen) atoms. The third-order valence-corrected chi connectivity index (χ3v) is 4.81. The van der Waals surface area contributed by atoms with E-state index in [2.05, 4.69) is 20.9 Å². The highest BCUT2D eigenvalue weighted by Gasteiger charge is 2.26. The van der Waals surface area contributed by atoms with E-state index in [9.17, 15) is 9.90 Å². The van der Waals surface area contributed by atoms with Gasteiger partial charge in [-0.05, 0) is 35.0 Å². The summed E-state index contributed by atoms with van der Waals surface area (Å²) in [6.45, 7) is 2.00. The Bertz CT molecular complexity index is 728. The fourth-order valence-electron chi connectivity index (χ4n) is 2.41. The van der Waals surface area contributed by atoms with E-state index in [0.29, 0.717) is 20.1 Å². The standard InChI is InChI=1S/C14H12BrNO4S/c1-6-3-7-4-10(19-2)8(5-9(7)20-6)12-11(13(17)18)16-14(15)21-12/h4-6H,3H2,1-2H3,(H,17,18). The lowest BCUT2D eigenvalue weighted by atomic mass is 10.0. The van der Waals surface area contributed by atoms with Gasteiger partial charge in [-0.25, -0.2) is 9.78 Å². The highest BCUT2D eigenvalue weighted by Crippen LogP contribution is 2.43. The Morgan fingerprint density at radius 3 is 3.00 bits per heavy atom. The molecule has 0 saturated carbocycles. The van der Waals surface area contributed by atoms with Gasteiger partial charge >= 0.3 is 5.97 Å². The van der Waals surface area contributed by atoms with Crippen LogP contribution in [0.1, 0.15) is 23.0 Å². The molecule has 0 radical (unpaired) electrons. The number of methoxy groups -OCH3 is 1. The predicted molar refractivity (Wildman–Crippen MR) is 82.6 cm³/mol. The monoisotopic (exact) mass is 369 g/mol. The first-order chi connectivity index (χ1) is 9.99. The van der Waals surface area contributed by atoms with Crippen LogP contribution in [0.3, 0.4) is 0 Å². The quantitative estimate of drug-likeness (QED) is 0.894. The van der Waals surface area contributed by atoms with Crippen molar-refractivity contribution < 1.29 is 19.4 Å². The first-order valence-corrected chi connectivity index (χ1v) is 7.88. The Hall–Kier alpha value is -1.60. The Labute approximate surface area is 133 Å². The number of hydrogen-bond acceptors (Lipinski definition) is 5. The van der Waals surface area contributed by atoms with Gasteiger partial charge in [0.05, 0.1) is 12.0 Å². The van der Waals surface area contributed by atoms with E-state index in [0.717, 1.165) is 17.7 Å². The molecule has 5 nitrogen and oxygen atoms in total. The summed E-state index contributed by atoms with van der Waals surface area (Å²) >= 11 is 4.50. The van der Waals surface area contributed by atoms with Crippen LogP contribution < -0.4 is 9.47 Å². The molecule has 1 aliphatic rings. The second-order valence-electron chi connectivity index (χ2n) is 4.74. The molecule has 1 atom stereocenters. The van der Waals surface area contributed by atoms with Crippen LogP contribution in [0, 0.1) is 0 Å². The van der Waals surface area contributed by atoms with E-state index in [1.54, 1.807) is 7.11 Å². The van der Waals surface area contributed by atoms with E-state index < -0.39 is 5.97 Å². The van der Waals surface area contributed by atoms with Crippen LogP contribution in [0.2, 0.25) is 0 Å². The number of thiazole rings is 1. The summed E-state index contributed by atoms with van der Waals surface area (Å²) in [6.07, 6.45) is 0.941. The maximum Gasteiger partial charge on any atom is 0.356 e. The zero-order valence-corrected chi connectivity index (χ0v) is 13.7. The van der Waals surface area contributed by atoms with Crippen molar-refractivity contribution in [2.45, 2.75) is 19.4 Å². The largest absolute Gasteiger partial charge is 0.496 e. The van der Waals surface area contributed by atoms with Crippen LogP contribution in [0.25, 0.3) is 10.4 Å². The molecule has 0 bridgehead atoms. The molecule has 110 valence electrons. The number of carbonyl (C=O) groups is 1. The molecule has 0 fully saturated rings. The summed E-state index contributed by atoms with van der Waals surface area (Å²) in [6, 6.07) is 3.75. The second-order valence-corrected chi connectivity index (χ2v) is 7.02. The van der Waals surface area contributed by atoms with Crippen molar-refractivity contribution in [3.63, 3.8) is 0 Å². The van der Waals surface area contributed by atoms with Gasteiger partial charge in [0.1, 0.15) is 17.6 Å².